The summed E-state index contributed by atoms with van der Waals surface area (Å²) in [6.07, 6.45) is -0.282. The Hall–Kier alpha value is -0.810. The molecular weight excluding hydrogens is 170 g/mol. The van der Waals surface area contributed by atoms with Gasteiger partial charge in [0.1, 0.15) is 6.10 Å². The van der Waals surface area contributed by atoms with Crippen LogP contribution in [0.3, 0.4) is 0 Å². The van der Waals surface area contributed by atoms with E-state index in [4.69, 9.17) is 4.74 Å². The van der Waals surface area contributed by atoms with Crippen LogP contribution >= 0.6 is 0 Å². The standard InChI is InChI=1S/C8H15N3O2/c1-11-4-6(5-11)9-2-7-3-10-8(12)13-7/h6-7,9H,2-5H2,1H3,(H,10,12). The summed E-state index contributed by atoms with van der Waals surface area (Å²) in [5.74, 6) is 0. The van der Waals surface area contributed by atoms with Crippen LogP contribution in [0.2, 0.25) is 0 Å². The molecule has 1 atom stereocenters. The molecule has 2 fully saturated rings. The van der Waals surface area contributed by atoms with E-state index in [-0.39, 0.29) is 12.2 Å². The van der Waals surface area contributed by atoms with Crippen LogP contribution in [0.5, 0.6) is 0 Å². The highest BCUT2D eigenvalue weighted by atomic mass is 16.6. The molecule has 0 saturated carbocycles. The number of likely N-dealkylation sites (tertiary alicyclic amines) is 1. The highest BCUT2D eigenvalue weighted by Crippen LogP contribution is 2.04. The van der Waals surface area contributed by atoms with Crippen LogP contribution in [0.4, 0.5) is 4.79 Å². The number of ether oxygens (including phenoxy) is 1. The zero-order valence-electron chi connectivity index (χ0n) is 7.75. The first-order chi connectivity index (χ1) is 6.24. The molecule has 0 bridgehead atoms. The second-order valence-electron chi connectivity index (χ2n) is 3.73. The Morgan fingerprint density at radius 3 is 3.00 bits per heavy atom. The van der Waals surface area contributed by atoms with E-state index in [1.54, 1.807) is 0 Å². The lowest BCUT2D eigenvalue weighted by Crippen LogP contribution is -2.57. The number of carbonyl (C=O) groups is 1. The summed E-state index contributed by atoms with van der Waals surface area (Å²) in [6, 6.07) is 0.573. The Labute approximate surface area is 77.4 Å². The third kappa shape index (κ3) is 2.10. The summed E-state index contributed by atoms with van der Waals surface area (Å²) in [6.45, 7) is 3.58. The molecule has 0 aliphatic carbocycles. The van der Waals surface area contributed by atoms with Gasteiger partial charge >= 0.3 is 6.09 Å². The SMILES string of the molecule is CN1CC(NCC2CNC(=O)O2)C1. The number of nitrogens with one attached hydrogen (secondary N) is 2. The normalized spacial score (nSPS) is 29.6. The van der Waals surface area contributed by atoms with Gasteiger partial charge in [-0.05, 0) is 7.05 Å². The third-order valence-corrected chi connectivity index (χ3v) is 2.45. The van der Waals surface area contributed by atoms with Crippen molar-refractivity contribution < 1.29 is 9.53 Å². The molecule has 0 spiro atoms. The van der Waals surface area contributed by atoms with Crippen molar-refractivity contribution in [2.24, 2.45) is 0 Å². The quantitative estimate of drug-likeness (QED) is 0.592. The van der Waals surface area contributed by atoms with Gasteiger partial charge in [-0.1, -0.05) is 0 Å². The summed E-state index contributed by atoms with van der Waals surface area (Å²) < 4.78 is 4.98. The molecule has 74 valence electrons. The number of hydrogen-bond donors (Lipinski definition) is 2. The molecular formula is C8H15N3O2. The second kappa shape index (κ2) is 3.51. The number of rotatable bonds is 3. The van der Waals surface area contributed by atoms with Gasteiger partial charge in [0, 0.05) is 25.7 Å². The van der Waals surface area contributed by atoms with Crippen LogP contribution < -0.4 is 10.6 Å². The molecule has 1 unspecified atom stereocenters. The van der Waals surface area contributed by atoms with E-state index in [0.29, 0.717) is 12.6 Å². The lowest BCUT2D eigenvalue weighted by atomic mass is 10.1. The highest BCUT2D eigenvalue weighted by molar-refractivity contribution is 5.69. The molecule has 0 radical (unpaired) electrons. The molecule has 2 aliphatic rings. The second-order valence-corrected chi connectivity index (χ2v) is 3.73. The fourth-order valence-electron chi connectivity index (χ4n) is 1.67. The Kier molecular flexibility index (Phi) is 2.37. The van der Waals surface area contributed by atoms with E-state index in [9.17, 15) is 4.79 Å². The van der Waals surface area contributed by atoms with Gasteiger partial charge in [-0.3, -0.25) is 0 Å². The number of alkyl carbamates (subject to hydrolysis) is 1. The average molecular weight is 185 g/mol. The Balaban J connectivity index is 1.60. The van der Waals surface area contributed by atoms with E-state index in [0.717, 1.165) is 19.6 Å². The summed E-state index contributed by atoms with van der Waals surface area (Å²) in [5.41, 5.74) is 0. The van der Waals surface area contributed by atoms with Crippen LogP contribution in [0, 0.1) is 0 Å². The minimum atomic E-state index is -0.294. The van der Waals surface area contributed by atoms with Crippen molar-refractivity contribution in [2.45, 2.75) is 12.1 Å². The topological polar surface area (TPSA) is 53.6 Å². The lowest BCUT2D eigenvalue weighted by molar-refractivity contribution is 0.119. The van der Waals surface area contributed by atoms with Gasteiger partial charge in [0.25, 0.3) is 0 Å². The van der Waals surface area contributed by atoms with Crippen LogP contribution in [0.1, 0.15) is 0 Å². The molecule has 5 nitrogen and oxygen atoms in total. The van der Waals surface area contributed by atoms with Gasteiger partial charge in [-0.2, -0.15) is 0 Å². The number of likely N-dealkylation sites (N-methyl/N-ethyl adjacent to an activating group) is 1. The van der Waals surface area contributed by atoms with E-state index in [1.807, 2.05) is 0 Å². The number of carbonyl (C=O) groups excluding carboxylic acids is 1. The highest BCUT2D eigenvalue weighted by Gasteiger charge is 2.26. The monoisotopic (exact) mass is 185 g/mol. The Bertz CT molecular complexity index is 204. The zero-order valence-corrected chi connectivity index (χ0v) is 7.75. The molecule has 13 heavy (non-hydrogen) atoms. The number of nitrogens with zero attached hydrogens (tertiary/aromatic N) is 1. The van der Waals surface area contributed by atoms with Crippen LogP contribution in [0.15, 0.2) is 0 Å². The van der Waals surface area contributed by atoms with E-state index in [1.165, 1.54) is 0 Å². The minimum absolute atomic E-state index is 0.0124. The first-order valence-electron chi connectivity index (χ1n) is 4.60. The van der Waals surface area contributed by atoms with Gasteiger partial charge in [-0.25, -0.2) is 4.79 Å². The minimum Gasteiger partial charge on any atom is -0.443 e. The van der Waals surface area contributed by atoms with Crippen molar-refractivity contribution in [1.29, 1.82) is 0 Å². The first-order valence-corrected chi connectivity index (χ1v) is 4.60. The third-order valence-electron chi connectivity index (χ3n) is 2.45. The van der Waals surface area contributed by atoms with Crippen LogP contribution in [-0.2, 0) is 4.74 Å². The van der Waals surface area contributed by atoms with E-state index >= 15 is 0 Å². The fourth-order valence-corrected chi connectivity index (χ4v) is 1.67. The molecule has 2 saturated heterocycles. The Morgan fingerprint density at radius 1 is 1.69 bits per heavy atom. The molecule has 2 N–H and O–H groups in total. The van der Waals surface area contributed by atoms with Crippen molar-refractivity contribution >= 4 is 6.09 Å². The van der Waals surface area contributed by atoms with Crippen LogP contribution in [0.25, 0.3) is 0 Å². The number of cyclic esters (lactones) is 1. The van der Waals surface area contributed by atoms with Gasteiger partial charge in [0.2, 0.25) is 0 Å². The summed E-state index contributed by atoms with van der Waals surface area (Å²) in [5, 5.41) is 5.98. The molecule has 1 amide bonds. The van der Waals surface area contributed by atoms with Crippen molar-refractivity contribution in [3.8, 4) is 0 Å². The first kappa shape index (κ1) is 8.77. The van der Waals surface area contributed by atoms with E-state index in [2.05, 4.69) is 22.6 Å². The molecule has 2 aliphatic heterocycles. The largest absolute Gasteiger partial charge is 0.443 e. The van der Waals surface area contributed by atoms with E-state index < -0.39 is 0 Å². The van der Waals surface area contributed by atoms with Crippen molar-refractivity contribution in [3.05, 3.63) is 0 Å². The van der Waals surface area contributed by atoms with Gasteiger partial charge in [-0.15, -0.1) is 0 Å². The predicted molar refractivity (Wildman–Crippen MR) is 47.6 cm³/mol. The number of hydrogen-bond acceptors (Lipinski definition) is 4. The summed E-state index contributed by atoms with van der Waals surface area (Å²) in [7, 11) is 2.09. The smallest absolute Gasteiger partial charge is 0.407 e. The maximum Gasteiger partial charge on any atom is 0.407 e. The van der Waals surface area contributed by atoms with Crippen molar-refractivity contribution in [2.75, 3.05) is 33.2 Å². The molecule has 0 aromatic rings. The van der Waals surface area contributed by atoms with Gasteiger partial charge in [0.05, 0.1) is 6.54 Å². The molecule has 0 aromatic heterocycles. The zero-order chi connectivity index (χ0) is 9.26. The van der Waals surface area contributed by atoms with Crippen molar-refractivity contribution in [3.63, 3.8) is 0 Å². The maximum absolute atomic E-state index is 10.7. The Morgan fingerprint density at radius 2 is 2.46 bits per heavy atom. The summed E-state index contributed by atoms with van der Waals surface area (Å²) in [4.78, 5) is 12.9. The lowest BCUT2D eigenvalue weighted by Gasteiger charge is -2.37. The summed E-state index contributed by atoms with van der Waals surface area (Å²) >= 11 is 0. The predicted octanol–water partition coefficient (Wildman–Crippen LogP) is -1.00. The maximum atomic E-state index is 10.7. The number of amides is 1. The molecule has 2 rings (SSSR count). The van der Waals surface area contributed by atoms with Crippen LogP contribution in [-0.4, -0.2) is 56.4 Å². The average Bonchev–Trinajstić information content (AvgIpc) is 2.43. The fraction of sp³-hybridized carbons (Fsp3) is 0.875. The van der Waals surface area contributed by atoms with Gasteiger partial charge in [0.15, 0.2) is 0 Å². The molecule has 5 heteroatoms. The van der Waals surface area contributed by atoms with Crippen molar-refractivity contribution in [1.82, 2.24) is 15.5 Å². The molecule has 0 aromatic carbocycles. The molecule has 2 heterocycles. The van der Waals surface area contributed by atoms with Gasteiger partial charge < -0.3 is 20.3 Å².